The predicted molar refractivity (Wildman–Crippen MR) is 259 cm³/mol. The number of nitrogens with one attached hydrogen (secondary N) is 2. The number of rotatable bonds is 18. The van der Waals surface area contributed by atoms with E-state index < -0.39 is 76.2 Å². The van der Waals surface area contributed by atoms with E-state index in [1.165, 1.54) is 62.8 Å². The van der Waals surface area contributed by atoms with Crippen LogP contribution in [0.25, 0.3) is 21.5 Å². The SMILES string of the molecule is COc1cc(N=Nc2c(S(=O)(=O)O)cc3cc(SOOO)cc(NC(=O)c4cccc(Cl)c4Cl)c3c2O)c(OC)cc1N=Nc1c(SOOO)cc2cc(S(=O)(=O)O)cc(NC(=O)c3cccc(F)c3)c2c1O. The first-order chi connectivity index (χ1) is 34.7. The van der Waals surface area contributed by atoms with Crippen LogP contribution in [0.4, 0.5) is 38.5 Å². The van der Waals surface area contributed by atoms with Gasteiger partial charge in [-0.1, -0.05) is 45.4 Å². The Bertz CT molecular complexity index is 3670. The Kier molecular flexibility index (Phi) is 16.7. The molecule has 31 heteroatoms. The standard InChI is InChI=1S/C42H29Cl2FN6O18S4/c1-64-30-17-27(49-51-38-33(73(61,62)63)13-19-10-22(70-68-66-56)14-28(34(19)40(38)53)47-42(55)24-7-4-8-25(43)36(24)44)31(65-2)16-26(30)48-50-37-32(71-69-67-57)12-20-11-23(72(58,59)60)15-29(35(20)39(37)52)46-41(54)18-5-3-6-21(45)9-18/h3-17,52-53,56-57H,1-2H3,(H,46,54)(H,47,55)(H,58,59,60)(H,61,62,63). The summed E-state index contributed by atoms with van der Waals surface area (Å²) in [6.45, 7) is 0. The first-order valence-corrected chi connectivity index (χ1v) is 24.6. The smallest absolute Gasteiger partial charge is 0.296 e. The third-order valence-electron chi connectivity index (χ3n) is 9.91. The monoisotopic (exact) mass is 1120 g/mol. The molecule has 0 aliphatic rings. The zero-order valence-corrected chi connectivity index (χ0v) is 41.1. The number of hydrogen-bond donors (Lipinski definition) is 8. The fraction of sp³-hybridized carbons (Fsp3) is 0.0476. The van der Waals surface area contributed by atoms with Crippen LogP contribution in [-0.4, -0.2) is 72.7 Å². The number of carbonyl (C=O) groups is 2. The number of carbonyl (C=O) groups excluding carboxylic acids is 2. The van der Waals surface area contributed by atoms with E-state index in [-0.39, 0.29) is 93.1 Å². The van der Waals surface area contributed by atoms with Gasteiger partial charge in [-0.05, 0) is 77.5 Å². The minimum absolute atomic E-state index is 0.0318. The first-order valence-electron chi connectivity index (χ1n) is 19.5. The maximum absolute atomic E-state index is 14.0. The van der Waals surface area contributed by atoms with Crippen molar-refractivity contribution in [1.29, 1.82) is 0 Å². The zero-order chi connectivity index (χ0) is 52.9. The van der Waals surface area contributed by atoms with Crippen molar-refractivity contribution in [3.05, 3.63) is 118 Å². The number of fused-ring (bicyclic) bond motifs is 2. The van der Waals surface area contributed by atoms with E-state index in [2.05, 4.69) is 49.8 Å². The number of azo groups is 2. The molecule has 0 fully saturated rings. The Morgan fingerprint density at radius 1 is 0.658 bits per heavy atom. The number of halogens is 3. The quantitative estimate of drug-likeness (QED) is 0.0130. The van der Waals surface area contributed by atoms with Crippen LogP contribution in [-0.2, 0) is 39.0 Å². The van der Waals surface area contributed by atoms with E-state index >= 15 is 0 Å². The molecule has 7 rings (SSSR count). The van der Waals surface area contributed by atoms with Crippen molar-refractivity contribution in [3.63, 3.8) is 0 Å². The van der Waals surface area contributed by atoms with Gasteiger partial charge >= 0.3 is 0 Å². The van der Waals surface area contributed by atoms with Crippen LogP contribution in [0.5, 0.6) is 23.0 Å². The highest BCUT2D eigenvalue weighted by atomic mass is 35.5. The summed E-state index contributed by atoms with van der Waals surface area (Å²) in [7, 11) is -7.84. The molecule has 24 nitrogen and oxygen atoms in total. The Balaban J connectivity index is 1.34. The van der Waals surface area contributed by atoms with Gasteiger partial charge in [0, 0.05) is 33.4 Å². The molecule has 0 unspecified atom stereocenters. The second-order valence-corrected chi connectivity index (χ2v) is 19.4. The zero-order valence-electron chi connectivity index (χ0n) is 36.3. The summed E-state index contributed by atoms with van der Waals surface area (Å²) < 4.78 is 105. The van der Waals surface area contributed by atoms with Crippen LogP contribution in [0.1, 0.15) is 20.7 Å². The molecule has 0 aliphatic heterocycles. The number of amides is 2. The number of anilines is 2. The number of phenols is 2. The molecule has 2 amide bonds. The topological polar surface area (TPSA) is 353 Å². The fourth-order valence-corrected chi connectivity index (χ4v) is 9.33. The van der Waals surface area contributed by atoms with E-state index in [0.29, 0.717) is 12.0 Å². The molecule has 0 aromatic heterocycles. The third-order valence-corrected chi connectivity index (χ3v) is 13.6. The minimum atomic E-state index is -5.24. The number of methoxy groups -OCH3 is 2. The maximum atomic E-state index is 14.0. The molecular formula is C42H29Cl2FN6O18S4. The van der Waals surface area contributed by atoms with E-state index in [4.69, 9.17) is 43.2 Å². The average Bonchev–Trinajstić information content (AvgIpc) is 3.34. The van der Waals surface area contributed by atoms with Crippen molar-refractivity contribution in [2.24, 2.45) is 20.5 Å². The summed E-state index contributed by atoms with van der Waals surface area (Å²) in [4.78, 5) is 24.8. The van der Waals surface area contributed by atoms with Gasteiger partial charge < -0.3 is 30.3 Å². The lowest BCUT2D eigenvalue weighted by Crippen LogP contribution is -2.13. The number of aromatic hydroxyl groups is 2. The van der Waals surface area contributed by atoms with Gasteiger partial charge in [0.15, 0.2) is 11.5 Å². The van der Waals surface area contributed by atoms with Crippen LogP contribution >= 0.6 is 47.3 Å². The molecule has 0 spiro atoms. The minimum Gasteiger partial charge on any atom is -0.505 e. The molecule has 0 aliphatic carbocycles. The fourth-order valence-electron chi connectivity index (χ4n) is 6.80. The van der Waals surface area contributed by atoms with E-state index in [9.17, 15) is 50.1 Å². The summed E-state index contributed by atoms with van der Waals surface area (Å²) in [6.07, 6.45) is 0. The molecular weight excluding hydrogens is 1090 g/mol. The summed E-state index contributed by atoms with van der Waals surface area (Å²) in [6, 6.07) is 17.2. The van der Waals surface area contributed by atoms with Crippen LogP contribution in [0.2, 0.25) is 10.0 Å². The molecule has 0 saturated carbocycles. The average molecular weight is 1120 g/mol. The first kappa shape index (κ1) is 54.0. The summed E-state index contributed by atoms with van der Waals surface area (Å²) in [5, 5.41) is 68.9. The highest BCUT2D eigenvalue weighted by molar-refractivity contribution is 7.95. The largest absolute Gasteiger partial charge is 0.505 e. The van der Waals surface area contributed by atoms with Gasteiger partial charge in [0.2, 0.25) is 0 Å². The number of hydrogen-bond acceptors (Lipinski definition) is 22. The van der Waals surface area contributed by atoms with Crippen molar-refractivity contribution in [3.8, 4) is 23.0 Å². The molecule has 0 saturated heterocycles. The second kappa shape index (κ2) is 22.5. The second-order valence-electron chi connectivity index (χ2n) is 14.3. The lowest BCUT2D eigenvalue weighted by molar-refractivity contribution is -0.432. The molecule has 8 N–H and O–H groups in total. The molecule has 380 valence electrons. The van der Waals surface area contributed by atoms with Crippen molar-refractivity contribution in [1.82, 2.24) is 0 Å². The van der Waals surface area contributed by atoms with Crippen LogP contribution in [0.15, 0.2) is 131 Å². The number of benzene rings is 7. The van der Waals surface area contributed by atoms with Gasteiger partial charge in [-0.2, -0.15) is 16.8 Å². The van der Waals surface area contributed by atoms with Crippen LogP contribution in [0, 0.1) is 5.82 Å². The van der Waals surface area contributed by atoms with Crippen molar-refractivity contribution in [2.45, 2.75) is 19.6 Å². The lowest BCUT2D eigenvalue weighted by atomic mass is 10.1. The molecule has 0 atom stereocenters. The highest BCUT2D eigenvalue weighted by Crippen LogP contribution is 2.50. The van der Waals surface area contributed by atoms with Crippen LogP contribution < -0.4 is 20.1 Å². The molecule has 0 radical (unpaired) electrons. The van der Waals surface area contributed by atoms with Gasteiger partial charge in [-0.15, -0.1) is 29.1 Å². The molecule has 73 heavy (non-hydrogen) atoms. The van der Waals surface area contributed by atoms with Gasteiger partial charge in [0.05, 0.1) is 75.1 Å². The molecule has 0 bridgehead atoms. The van der Waals surface area contributed by atoms with Crippen molar-refractivity contribution < 1.29 is 88.9 Å². The van der Waals surface area contributed by atoms with Crippen molar-refractivity contribution in [2.75, 3.05) is 24.9 Å². The Labute approximate surface area is 427 Å². The van der Waals surface area contributed by atoms with Gasteiger partial charge in [0.1, 0.15) is 45.0 Å². The van der Waals surface area contributed by atoms with E-state index in [1.54, 1.807) is 0 Å². The Morgan fingerprint density at radius 2 is 1.23 bits per heavy atom. The Morgan fingerprint density at radius 3 is 1.84 bits per heavy atom. The maximum Gasteiger partial charge on any atom is 0.296 e. The van der Waals surface area contributed by atoms with Gasteiger partial charge in [-0.3, -0.25) is 18.7 Å². The lowest BCUT2D eigenvalue weighted by Gasteiger charge is -2.15. The molecule has 7 aromatic rings. The van der Waals surface area contributed by atoms with Crippen LogP contribution in [0.3, 0.4) is 0 Å². The van der Waals surface area contributed by atoms with E-state index in [1.807, 2.05) is 0 Å². The van der Waals surface area contributed by atoms with Crippen molar-refractivity contribution >= 4 is 135 Å². The van der Waals surface area contributed by atoms with Gasteiger partial charge in [0.25, 0.3) is 32.1 Å². The Hall–Kier alpha value is -6.81. The summed E-state index contributed by atoms with van der Waals surface area (Å²) >= 11 is 13.0. The third kappa shape index (κ3) is 12.0. The molecule has 0 heterocycles. The normalized spacial score (nSPS) is 12.0. The van der Waals surface area contributed by atoms with Gasteiger partial charge in [-0.25, -0.2) is 14.9 Å². The summed E-state index contributed by atoms with van der Waals surface area (Å²) in [5.74, 6) is -4.69. The predicted octanol–water partition coefficient (Wildman–Crippen LogP) is 11.6. The number of nitrogens with zero attached hydrogens (tertiary/aromatic N) is 4. The highest BCUT2D eigenvalue weighted by Gasteiger charge is 2.27. The molecule has 7 aromatic carbocycles. The number of phenolic OH excluding ortho intramolecular Hbond substituents is 2. The summed E-state index contributed by atoms with van der Waals surface area (Å²) in [5.41, 5.74) is -2.69. The number of ether oxygens (including phenoxy) is 2. The van der Waals surface area contributed by atoms with E-state index in [0.717, 1.165) is 42.5 Å².